The van der Waals surface area contributed by atoms with Gasteiger partial charge in [-0.2, -0.15) is 11.8 Å². The van der Waals surface area contributed by atoms with Gasteiger partial charge in [-0.3, -0.25) is 0 Å². The minimum atomic E-state index is 0.178. The van der Waals surface area contributed by atoms with E-state index in [4.69, 9.17) is 4.74 Å². The first kappa shape index (κ1) is 14.5. The molecule has 3 atom stereocenters. The third kappa shape index (κ3) is 2.68. The Hall–Kier alpha value is -0.0700. The molecule has 2 aliphatic rings. The van der Waals surface area contributed by atoms with Gasteiger partial charge in [-0.15, -0.1) is 22.7 Å². The van der Waals surface area contributed by atoms with Gasteiger partial charge >= 0.3 is 0 Å². The van der Waals surface area contributed by atoms with E-state index in [9.17, 15) is 0 Å². The number of rotatable bonds is 3. The summed E-state index contributed by atoms with van der Waals surface area (Å²) in [6.45, 7) is 0.934. The molecule has 0 aliphatic carbocycles. The lowest BCUT2D eigenvalue weighted by atomic mass is 9.81. The highest BCUT2D eigenvalue weighted by atomic mass is 32.2. The second kappa shape index (κ2) is 5.85. The van der Waals surface area contributed by atoms with Gasteiger partial charge in [0, 0.05) is 32.7 Å². The monoisotopic (exact) mass is 339 g/mol. The van der Waals surface area contributed by atoms with Crippen LogP contribution in [0.3, 0.4) is 0 Å². The van der Waals surface area contributed by atoms with E-state index in [1.807, 2.05) is 22.7 Å². The summed E-state index contributed by atoms with van der Waals surface area (Å²) >= 11 is 5.88. The van der Waals surface area contributed by atoms with Crippen LogP contribution < -0.4 is 5.32 Å². The molecule has 4 heterocycles. The molecule has 1 spiro atoms. The van der Waals surface area contributed by atoms with Crippen molar-refractivity contribution in [3.8, 4) is 0 Å². The fourth-order valence-electron chi connectivity index (χ4n) is 3.76. The fourth-order valence-corrected chi connectivity index (χ4v) is 7.46. The summed E-state index contributed by atoms with van der Waals surface area (Å²) in [4.78, 5) is 1.51. The Morgan fingerprint density at radius 3 is 3.14 bits per heavy atom. The van der Waals surface area contributed by atoms with Gasteiger partial charge in [-0.05, 0) is 55.5 Å². The molecular formula is C16H21NOS3. The molecule has 2 saturated heterocycles. The van der Waals surface area contributed by atoms with E-state index in [0.29, 0.717) is 12.0 Å². The van der Waals surface area contributed by atoms with E-state index in [0.717, 1.165) is 6.61 Å². The molecule has 0 bridgehead atoms. The molecule has 2 aromatic rings. The standard InChI is InChI=1S/C16H21NOS3/c1-17-15(14-8-13-12(21-14)3-6-20-13)11-2-5-18-16(9-11)4-7-19-10-16/h3,6,8,11,15,17H,2,4-5,7,9-10H2,1H3. The first-order valence-corrected chi connectivity index (χ1v) is 10.5. The lowest BCUT2D eigenvalue weighted by Crippen LogP contribution is -2.43. The molecule has 0 saturated carbocycles. The molecule has 5 heteroatoms. The normalized spacial score (nSPS) is 31.2. The van der Waals surface area contributed by atoms with Crippen molar-refractivity contribution in [3.05, 3.63) is 22.4 Å². The van der Waals surface area contributed by atoms with Gasteiger partial charge in [0.2, 0.25) is 0 Å². The summed E-state index contributed by atoms with van der Waals surface area (Å²) in [7, 11) is 2.12. The molecule has 1 N–H and O–H groups in total. The van der Waals surface area contributed by atoms with Crippen LogP contribution in [0.2, 0.25) is 0 Å². The Morgan fingerprint density at radius 1 is 1.43 bits per heavy atom. The molecule has 0 aromatic carbocycles. The molecule has 2 aliphatic heterocycles. The van der Waals surface area contributed by atoms with Crippen LogP contribution in [0.15, 0.2) is 17.5 Å². The fraction of sp³-hybridized carbons (Fsp3) is 0.625. The van der Waals surface area contributed by atoms with Gasteiger partial charge in [-0.1, -0.05) is 0 Å². The summed E-state index contributed by atoms with van der Waals surface area (Å²) < 4.78 is 9.06. The lowest BCUT2D eigenvalue weighted by Gasteiger charge is -2.40. The molecule has 4 rings (SSSR count). The maximum absolute atomic E-state index is 6.19. The highest BCUT2D eigenvalue weighted by molar-refractivity contribution is 7.99. The van der Waals surface area contributed by atoms with Gasteiger partial charge in [-0.25, -0.2) is 0 Å². The Labute approximate surface area is 138 Å². The van der Waals surface area contributed by atoms with Gasteiger partial charge in [0.1, 0.15) is 0 Å². The number of fused-ring (bicyclic) bond motifs is 1. The minimum absolute atomic E-state index is 0.178. The third-order valence-corrected chi connectivity index (χ3v) is 8.25. The minimum Gasteiger partial charge on any atom is -0.374 e. The van der Waals surface area contributed by atoms with Crippen molar-refractivity contribution >= 4 is 43.8 Å². The molecule has 2 aromatic heterocycles. The van der Waals surface area contributed by atoms with Crippen LogP contribution in [0.1, 0.15) is 30.2 Å². The zero-order valence-electron chi connectivity index (χ0n) is 12.3. The number of ether oxygens (including phenoxy) is 1. The zero-order valence-corrected chi connectivity index (χ0v) is 14.7. The van der Waals surface area contributed by atoms with E-state index in [2.05, 4.69) is 41.6 Å². The van der Waals surface area contributed by atoms with E-state index in [-0.39, 0.29) is 5.60 Å². The maximum Gasteiger partial charge on any atom is 0.0783 e. The van der Waals surface area contributed by atoms with Gasteiger partial charge in [0.15, 0.2) is 0 Å². The average molecular weight is 340 g/mol. The highest BCUT2D eigenvalue weighted by Crippen LogP contribution is 2.45. The Kier molecular flexibility index (Phi) is 4.05. The van der Waals surface area contributed by atoms with E-state index in [1.54, 1.807) is 0 Å². The van der Waals surface area contributed by atoms with Crippen molar-refractivity contribution in [1.82, 2.24) is 5.32 Å². The average Bonchev–Trinajstić information content (AvgIpc) is 3.16. The lowest BCUT2D eigenvalue weighted by molar-refractivity contribution is -0.0848. The Balaban J connectivity index is 1.58. The van der Waals surface area contributed by atoms with Crippen LogP contribution >= 0.6 is 34.4 Å². The molecule has 3 unspecified atom stereocenters. The van der Waals surface area contributed by atoms with E-state index < -0.39 is 0 Å². The SMILES string of the molecule is CNC(c1cc2sccc2s1)C1CCOC2(CCSC2)C1. The van der Waals surface area contributed by atoms with Crippen LogP contribution in [0.4, 0.5) is 0 Å². The second-order valence-corrected chi connectivity index (χ2v) is 9.32. The van der Waals surface area contributed by atoms with Crippen molar-refractivity contribution in [1.29, 1.82) is 0 Å². The molecule has 0 radical (unpaired) electrons. The second-order valence-electron chi connectivity index (χ2n) is 6.15. The third-order valence-electron chi connectivity index (χ3n) is 4.85. The Morgan fingerprint density at radius 2 is 2.38 bits per heavy atom. The molecule has 2 nitrogen and oxygen atoms in total. The number of nitrogens with one attached hydrogen (secondary N) is 1. The smallest absolute Gasteiger partial charge is 0.0783 e. The number of hydrogen-bond acceptors (Lipinski definition) is 5. The van der Waals surface area contributed by atoms with Crippen LogP contribution in [0.25, 0.3) is 9.40 Å². The van der Waals surface area contributed by atoms with E-state index >= 15 is 0 Å². The number of thiophene rings is 2. The highest BCUT2D eigenvalue weighted by Gasteiger charge is 2.42. The van der Waals surface area contributed by atoms with Gasteiger partial charge in [0.05, 0.1) is 5.60 Å². The summed E-state index contributed by atoms with van der Waals surface area (Å²) in [5.41, 5.74) is 0.178. The molecule has 2 fully saturated rings. The van der Waals surface area contributed by atoms with Crippen molar-refractivity contribution in [2.24, 2.45) is 5.92 Å². The van der Waals surface area contributed by atoms with Crippen molar-refractivity contribution in [2.45, 2.75) is 30.9 Å². The number of thioether (sulfide) groups is 1. The van der Waals surface area contributed by atoms with Crippen molar-refractivity contribution in [3.63, 3.8) is 0 Å². The van der Waals surface area contributed by atoms with Crippen LogP contribution in [0.5, 0.6) is 0 Å². The van der Waals surface area contributed by atoms with Crippen LogP contribution in [-0.4, -0.2) is 30.8 Å². The molecule has 21 heavy (non-hydrogen) atoms. The van der Waals surface area contributed by atoms with Crippen molar-refractivity contribution < 1.29 is 4.74 Å². The molecule has 114 valence electrons. The van der Waals surface area contributed by atoms with Crippen LogP contribution in [-0.2, 0) is 4.74 Å². The zero-order chi connectivity index (χ0) is 14.3. The predicted molar refractivity (Wildman–Crippen MR) is 94.9 cm³/mol. The summed E-state index contributed by atoms with van der Waals surface area (Å²) in [5.74, 6) is 3.17. The van der Waals surface area contributed by atoms with Gasteiger partial charge in [0.25, 0.3) is 0 Å². The van der Waals surface area contributed by atoms with Crippen LogP contribution in [0, 0.1) is 5.92 Å². The quantitative estimate of drug-likeness (QED) is 0.888. The Bertz CT molecular complexity index is 585. The largest absolute Gasteiger partial charge is 0.374 e. The first-order valence-electron chi connectivity index (χ1n) is 7.66. The van der Waals surface area contributed by atoms with E-state index in [1.165, 1.54) is 45.0 Å². The molecular weight excluding hydrogens is 318 g/mol. The summed E-state index contributed by atoms with van der Waals surface area (Å²) in [6.07, 6.45) is 3.64. The maximum atomic E-state index is 6.19. The predicted octanol–water partition coefficient (Wildman–Crippen LogP) is 4.53. The molecule has 0 amide bonds. The summed E-state index contributed by atoms with van der Waals surface area (Å²) in [5, 5.41) is 5.79. The van der Waals surface area contributed by atoms with Crippen molar-refractivity contribution in [2.75, 3.05) is 25.2 Å². The first-order chi connectivity index (χ1) is 10.3. The van der Waals surface area contributed by atoms with Gasteiger partial charge < -0.3 is 10.1 Å². The summed E-state index contributed by atoms with van der Waals surface area (Å²) in [6, 6.07) is 5.14. The number of hydrogen-bond donors (Lipinski definition) is 1. The topological polar surface area (TPSA) is 21.3 Å².